The third kappa shape index (κ3) is 3.51. The smallest absolute Gasteiger partial charge is 0.0562 e. The molecule has 3 heteroatoms. The molecule has 1 aliphatic rings. The van der Waals surface area contributed by atoms with Gasteiger partial charge in [0.15, 0.2) is 0 Å². The Hall–Kier alpha value is -1.09. The zero-order chi connectivity index (χ0) is 10.5. The maximum Gasteiger partial charge on any atom is 0.0562 e. The van der Waals surface area contributed by atoms with E-state index in [-0.39, 0.29) is 0 Å². The van der Waals surface area contributed by atoms with Crippen LogP contribution in [0, 0.1) is 0 Å². The van der Waals surface area contributed by atoms with Gasteiger partial charge in [-0.15, -0.1) is 0 Å². The highest BCUT2D eigenvalue weighted by atomic mass is 15.0. The maximum atomic E-state index is 4.34. The van der Waals surface area contributed by atoms with E-state index in [1.165, 1.54) is 24.9 Å². The Morgan fingerprint density at radius 3 is 3.07 bits per heavy atom. The van der Waals surface area contributed by atoms with E-state index >= 15 is 0 Å². The van der Waals surface area contributed by atoms with Crippen LogP contribution >= 0.6 is 0 Å². The number of nitrogens with zero attached hydrogens (tertiary/aromatic N) is 1. The van der Waals surface area contributed by atoms with E-state index in [0.29, 0.717) is 6.04 Å². The van der Waals surface area contributed by atoms with E-state index in [9.17, 15) is 0 Å². The lowest BCUT2D eigenvalue weighted by Crippen LogP contribution is -2.15. The van der Waals surface area contributed by atoms with Crippen LogP contribution in [-0.2, 0) is 6.54 Å². The van der Waals surface area contributed by atoms with Crippen molar-refractivity contribution < 1.29 is 0 Å². The van der Waals surface area contributed by atoms with Gasteiger partial charge in [0, 0.05) is 24.5 Å². The Labute approximate surface area is 91.3 Å². The van der Waals surface area contributed by atoms with Gasteiger partial charge in [-0.05, 0) is 37.9 Å². The fourth-order valence-electron chi connectivity index (χ4n) is 1.52. The van der Waals surface area contributed by atoms with Crippen LogP contribution in [0.2, 0.25) is 0 Å². The van der Waals surface area contributed by atoms with Crippen molar-refractivity contribution in [2.45, 2.75) is 38.8 Å². The van der Waals surface area contributed by atoms with Crippen molar-refractivity contribution in [2.24, 2.45) is 0 Å². The highest BCUT2D eigenvalue weighted by Gasteiger charge is 2.20. The van der Waals surface area contributed by atoms with Gasteiger partial charge in [0.05, 0.1) is 5.69 Å². The molecule has 1 aromatic heterocycles. The van der Waals surface area contributed by atoms with E-state index in [1.54, 1.807) is 0 Å². The van der Waals surface area contributed by atoms with E-state index in [1.807, 2.05) is 12.3 Å². The van der Waals surface area contributed by atoms with Gasteiger partial charge in [0.2, 0.25) is 0 Å². The maximum absolute atomic E-state index is 4.34. The summed E-state index contributed by atoms with van der Waals surface area (Å²) in [5.74, 6) is 0. The van der Waals surface area contributed by atoms with Gasteiger partial charge < -0.3 is 10.6 Å². The average molecular weight is 205 g/mol. The fourth-order valence-corrected chi connectivity index (χ4v) is 1.52. The molecule has 1 saturated carbocycles. The standard InChI is InChI=1S/C12H19N3/c1-2-6-13-9-12-8-11(5-7-14-12)15-10-3-4-10/h5,7-8,10,13H,2-4,6,9H2,1H3,(H,14,15). The van der Waals surface area contributed by atoms with Crippen molar-refractivity contribution in [2.75, 3.05) is 11.9 Å². The van der Waals surface area contributed by atoms with Crippen molar-refractivity contribution >= 4 is 5.69 Å². The van der Waals surface area contributed by atoms with Crippen LogP contribution < -0.4 is 10.6 Å². The molecule has 2 rings (SSSR count). The van der Waals surface area contributed by atoms with Gasteiger partial charge >= 0.3 is 0 Å². The summed E-state index contributed by atoms with van der Waals surface area (Å²) in [6.45, 7) is 4.10. The number of aromatic nitrogens is 1. The predicted molar refractivity (Wildman–Crippen MR) is 62.9 cm³/mol. The first-order valence-corrected chi connectivity index (χ1v) is 5.80. The first kappa shape index (κ1) is 10.4. The second kappa shape index (κ2) is 5.12. The minimum Gasteiger partial charge on any atom is -0.382 e. The Kier molecular flexibility index (Phi) is 3.56. The van der Waals surface area contributed by atoms with Gasteiger partial charge in [-0.1, -0.05) is 6.92 Å². The number of hydrogen-bond acceptors (Lipinski definition) is 3. The van der Waals surface area contributed by atoms with Crippen molar-refractivity contribution in [3.63, 3.8) is 0 Å². The molecule has 0 atom stereocenters. The van der Waals surface area contributed by atoms with Gasteiger partial charge in [-0.3, -0.25) is 4.98 Å². The number of nitrogens with one attached hydrogen (secondary N) is 2. The molecule has 82 valence electrons. The van der Waals surface area contributed by atoms with Crippen LogP contribution in [0.3, 0.4) is 0 Å². The molecule has 0 saturated heterocycles. The summed E-state index contributed by atoms with van der Waals surface area (Å²) in [5, 5.41) is 6.84. The molecule has 1 aromatic rings. The predicted octanol–water partition coefficient (Wildman–Crippen LogP) is 2.16. The van der Waals surface area contributed by atoms with Crippen LogP contribution in [0.25, 0.3) is 0 Å². The lowest BCUT2D eigenvalue weighted by atomic mass is 10.3. The molecule has 0 aromatic carbocycles. The van der Waals surface area contributed by atoms with Crippen molar-refractivity contribution in [3.05, 3.63) is 24.0 Å². The molecular weight excluding hydrogens is 186 g/mol. The van der Waals surface area contributed by atoms with Crippen LogP contribution in [0.1, 0.15) is 31.9 Å². The summed E-state index contributed by atoms with van der Waals surface area (Å²) in [4.78, 5) is 4.34. The molecule has 1 fully saturated rings. The third-order valence-corrected chi connectivity index (χ3v) is 2.50. The SMILES string of the molecule is CCCNCc1cc(NC2CC2)ccn1. The Bertz CT molecular complexity index is 307. The van der Waals surface area contributed by atoms with Crippen LogP contribution in [0.5, 0.6) is 0 Å². The molecule has 15 heavy (non-hydrogen) atoms. The lowest BCUT2D eigenvalue weighted by molar-refractivity contribution is 0.664. The minimum atomic E-state index is 0.712. The van der Waals surface area contributed by atoms with Gasteiger partial charge in [0.25, 0.3) is 0 Å². The van der Waals surface area contributed by atoms with Gasteiger partial charge in [0.1, 0.15) is 0 Å². The fraction of sp³-hybridized carbons (Fsp3) is 0.583. The molecule has 0 bridgehead atoms. The average Bonchev–Trinajstić information content (AvgIpc) is 3.03. The Balaban J connectivity index is 1.86. The first-order chi connectivity index (χ1) is 7.38. The summed E-state index contributed by atoms with van der Waals surface area (Å²) in [6.07, 6.45) is 5.67. The molecular formula is C12H19N3. The summed E-state index contributed by atoms with van der Waals surface area (Å²) < 4.78 is 0. The molecule has 0 spiro atoms. The first-order valence-electron chi connectivity index (χ1n) is 5.80. The highest BCUT2D eigenvalue weighted by molar-refractivity contribution is 5.45. The zero-order valence-corrected chi connectivity index (χ0v) is 9.29. The van der Waals surface area contributed by atoms with Crippen LogP contribution in [0.15, 0.2) is 18.3 Å². The minimum absolute atomic E-state index is 0.712. The Morgan fingerprint density at radius 2 is 2.33 bits per heavy atom. The van der Waals surface area contributed by atoms with E-state index in [4.69, 9.17) is 0 Å². The highest BCUT2D eigenvalue weighted by Crippen LogP contribution is 2.24. The van der Waals surface area contributed by atoms with E-state index in [2.05, 4.69) is 28.6 Å². The molecule has 1 aliphatic carbocycles. The molecule has 0 unspecified atom stereocenters. The van der Waals surface area contributed by atoms with Gasteiger partial charge in [-0.2, -0.15) is 0 Å². The van der Waals surface area contributed by atoms with Crippen LogP contribution in [0.4, 0.5) is 5.69 Å². The number of rotatable bonds is 6. The molecule has 0 amide bonds. The second-order valence-corrected chi connectivity index (χ2v) is 4.13. The quantitative estimate of drug-likeness (QED) is 0.699. The molecule has 3 nitrogen and oxygen atoms in total. The van der Waals surface area contributed by atoms with Gasteiger partial charge in [-0.25, -0.2) is 0 Å². The molecule has 1 heterocycles. The largest absolute Gasteiger partial charge is 0.382 e. The second-order valence-electron chi connectivity index (χ2n) is 4.13. The van der Waals surface area contributed by atoms with Crippen LogP contribution in [-0.4, -0.2) is 17.6 Å². The monoisotopic (exact) mass is 205 g/mol. The third-order valence-electron chi connectivity index (χ3n) is 2.50. The summed E-state index contributed by atoms with van der Waals surface area (Å²) in [7, 11) is 0. The molecule has 0 radical (unpaired) electrons. The molecule has 0 aliphatic heterocycles. The normalized spacial score (nSPS) is 15.3. The number of anilines is 1. The van der Waals surface area contributed by atoms with E-state index < -0.39 is 0 Å². The Morgan fingerprint density at radius 1 is 1.47 bits per heavy atom. The summed E-state index contributed by atoms with van der Waals surface area (Å²) in [6, 6.07) is 4.90. The number of pyridine rings is 1. The number of hydrogen-bond donors (Lipinski definition) is 2. The summed E-state index contributed by atoms with van der Waals surface area (Å²) >= 11 is 0. The topological polar surface area (TPSA) is 37.0 Å². The van der Waals surface area contributed by atoms with Crippen molar-refractivity contribution in [1.29, 1.82) is 0 Å². The molecule has 2 N–H and O–H groups in total. The van der Waals surface area contributed by atoms with E-state index in [0.717, 1.165) is 18.8 Å². The summed E-state index contributed by atoms with van der Waals surface area (Å²) in [5.41, 5.74) is 2.33. The lowest BCUT2D eigenvalue weighted by Gasteiger charge is -2.07. The van der Waals surface area contributed by atoms with Crippen molar-refractivity contribution in [3.8, 4) is 0 Å². The van der Waals surface area contributed by atoms with Crippen molar-refractivity contribution in [1.82, 2.24) is 10.3 Å². The zero-order valence-electron chi connectivity index (χ0n) is 9.29.